The Kier molecular flexibility index (Phi) is 4.19. The fourth-order valence-corrected chi connectivity index (χ4v) is 3.95. The summed E-state index contributed by atoms with van der Waals surface area (Å²) in [6, 6.07) is 6.12. The van der Waals surface area contributed by atoms with E-state index < -0.39 is 0 Å². The lowest BCUT2D eigenvalue weighted by molar-refractivity contribution is -0.136. The minimum atomic E-state index is 0.0399. The molecule has 126 valence electrons. The quantitative estimate of drug-likeness (QED) is 0.941. The van der Waals surface area contributed by atoms with E-state index in [4.69, 9.17) is 0 Å². The number of rotatable bonds is 3. The molecule has 2 saturated heterocycles. The zero-order chi connectivity index (χ0) is 16.4. The minimum Gasteiger partial charge on any atom is -0.363 e. The van der Waals surface area contributed by atoms with Crippen molar-refractivity contribution in [2.24, 2.45) is 5.92 Å². The second kappa shape index (κ2) is 6.63. The molecular formula is C18H23N5O. The van der Waals surface area contributed by atoms with Gasteiger partial charge in [-0.05, 0) is 43.9 Å². The smallest absolute Gasteiger partial charge is 0.228 e. The van der Waals surface area contributed by atoms with E-state index in [0.717, 1.165) is 57.0 Å². The van der Waals surface area contributed by atoms with E-state index in [-0.39, 0.29) is 17.9 Å². The van der Waals surface area contributed by atoms with E-state index in [0.29, 0.717) is 0 Å². The Labute approximate surface area is 141 Å². The Hall–Kier alpha value is -2.37. The summed E-state index contributed by atoms with van der Waals surface area (Å²) in [7, 11) is 0. The molecule has 2 unspecified atom stereocenters. The molecule has 4 heterocycles. The first-order chi connectivity index (χ1) is 11.8. The van der Waals surface area contributed by atoms with Crippen LogP contribution in [0, 0.1) is 5.92 Å². The molecular weight excluding hydrogens is 302 g/mol. The molecule has 0 aliphatic carbocycles. The van der Waals surface area contributed by atoms with Crippen molar-refractivity contribution in [3.8, 4) is 0 Å². The van der Waals surface area contributed by atoms with Crippen molar-refractivity contribution >= 4 is 11.9 Å². The molecule has 4 rings (SSSR count). The molecule has 2 aliphatic heterocycles. The molecule has 6 nitrogen and oxygen atoms in total. The van der Waals surface area contributed by atoms with E-state index in [9.17, 15) is 4.79 Å². The van der Waals surface area contributed by atoms with Crippen LogP contribution in [0.15, 0.2) is 36.8 Å². The van der Waals surface area contributed by atoms with Crippen LogP contribution >= 0.6 is 0 Å². The molecule has 2 aliphatic rings. The van der Waals surface area contributed by atoms with Crippen molar-refractivity contribution in [1.82, 2.24) is 19.9 Å². The standard InChI is InChI=1S/C18H23N5O/c24-17(23-12-3-7-16(23)15-6-1-8-19-15)14-5-2-11-22(13-14)18-20-9-4-10-21-18/h1,4,6,8-10,14,16,19H,2-3,5,7,11-13H2. The van der Waals surface area contributed by atoms with Crippen LogP contribution in [-0.2, 0) is 4.79 Å². The molecule has 0 bridgehead atoms. The average molecular weight is 325 g/mol. The Morgan fingerprint density at radius 2 is 1.96 bits per heavy atom. The number of nitrogens with zero attached hydrogens (tertiary/aromatic N) is 4. The Balaban J connectivity index is 1.47. The summed E-state index contributed by atoms with van der Waals surface area (Å²) in [5.41, 5.74) is 1.15. The number of nitrogens with one attached hydrogen (secondary N) is 1. The zero-order valence-electron chi connectivity index (χ0n) is 13.8. The molecule has 0 spiro atoms. The van der Waals surface area contributed by atoms with E-state index >= 15 is 0 Å². The number of amides is 1. The van der Waals surface area contributed by atoms with Gasteiger partial charge in [0, 0.05) is 43.9 Å². The number of anilines is 1. The van der Waals surface area contributed by atoms with Crippen LogP contribution in [0.4, 0.5) is 5.95 Å². The monoisotopic (exact) mass is 325 g/mol. The summed E-state index contributed by atoms with van der Waals surface area (Å²) in [6.45, 7) is 2.51. The first-order valence-electron chi connectivity index (χ1n) is 8.78. The molecule has 0 aromatic carbocycles. The van der Waals surface area contributed by atoms with Gasteiger partial charge in [-0.25, -0.2) is 9.97 Å². The Bertz CT molecular complexity index is 672. The lowest BCUT2D eigenvalue weighted by atomic mass is 9.96. The lowest BCUT2D eigenvalue weighted by Crippen LogP contribution is -2.45. The van der Waals surface area contributed by atoms with Crippen LogP contribution < -0.4 is 4.90 Å². The number of carbonyl (C=O) groups excluding carboxylic acids is 1. The first kappa shape index (κ1) is 15.2. The molecule has 2 fully saturated rings. The van der Waals surface area contributed by atoms with Crippen molar-refractivity contribution in [2.75, 3.05) is 24.5 Å². The number of aromatic nitrogens is 3. The average Bonchev–Trinajstić information content (AvgIpc) is 3.33. The number of carbonyl (C=O) groups is 1. The maximum absolute atomic E-state index is 13.1. The van der Waals surface area contributed by atoms with Gasteiger partial charge in [-0.1, -0.05) is 0 Å². The van der Waals surface area contributed by atoms with Gasteiger partial charge in [0.25, 0.3) is 0 Å². The molecule has 2 atom stereocenters. The summed E-state index contributed by atoms with van der Waals surface area (Å²) >= 11 is 0. The molecule has 6 heteroatoms. The summed E-state index contributed by atoms with van der Waals surface area (Å²) in [6.07, 6.45) is 9.54. The van der Waals surface area contributed by atoms with Gasteiger partial charge in [0.1, 0.15) is 0 Å². The van der Waals surface area contributed by atoms with Gasteiger partial charge in [0.05, 0.1) is 12.0 Å². The predicted molar refractivity (Wildman–Crippen MR) is 91.4 cm³/mol. The van der Waals surface area contributed by atoms with Gasteiger partial charge in [-0.3, -0.25) is 4.79 Å². The van der Waals surface area contributed by atoms with Crippen molar-refractivity contribution in [3.63, 3.8) is 0 Å². The normalized spacial score (nSPS) is 24.3. The van der Waals surface area contributed by atoms with Gasteiger partial charge in [0.15, 0.2) is 0 Å². The summed E-state index contributed by atoms with van der Waals surface area (Å²) in [5, 5.41) is 0. The second-order valence-corrected chi connectivity index (χ2v) is 6.65. The van der Waals surface area contributed by atoms with Crippen LogP contribution in [0.2, 0.25) is 0 Å². The van der Waals surface area contributed by atoms with Crippen molar-refractivity contribution in [2.45, 2.75) is 31.7 Å². The molecule has 2 aromatic rings. The van der Waals surface area contributed by atoms with Gasteiger partial charge in [-0.2, -0.15) is 0 Å². The van der Waals surface area contributed by atoms with Crippen LogP contribution in [0.5, 0.6) is 0 Å². The Morgan fingerprint density at radius 3 is 2.75 bits per heavy atom. The van der Waals surface area contributed by atoms with Gasteiger partial charge >= 0.3 is 0 Å². The molecule has 0 saturated carbocycles. The maximum atomic E-state index is 13.1. The van der Waals surface area contributed by atoms with Crippen molar-refractivity contribution in [3.05, 3.63) is 42.5 Å². The fourth-order valence-electron chi connectivity index (χ4n) is 3.95. The summed E-state index contributed by atoms with van der Waals surface area (Å²) in [5.74, 6) is 1.06. The van der Waals surface area contributed by atoms with Gasteiger partial charge in [-0.15, -0.1) is 0 Å². The number of piperidine rings is 1. The van der Waals surface area contributed by atoms with Crippen LogP contribution in [0.25, 0.3) is 0 Å². The first-order valence-corrected chi connectivity index (χ1v) is 8.78. The fraction of sp³-hybridized carbons (Fsp3) is 0.500. The van der Waals surface area contributed by atoms with E-state index in [2.05, 4.69) is 30.8 Å². The van der Waals surface area contributed by atoms with Crippen molar-refractivity contribution in [1.29, 1.82) is 0 Å². The third-order valence-electron chi connectivity index (χ3n) is 5.12. The minimum absolute atomic E-state index is 0.0399. The molecule has 24 heavy (non-hydrogen) atoms. The topological polar surface area (TPSA) is 65.1 Å². The highest BCUT2D eigenvalue weighted by molar-refractivity contribution is 5.80. The van der Waals surface area contributed by atoms with Crippen LogP contribution in [-0.4, -0.2) is 45.4 Å². The molecule has 0 radical (unpaired) electrons. The Morgan fingerprint density at radius 1 is 1.12 bits per heavy atom. The third kappa shape index (κ3) is 2.88. The zero-order valence-corrected chi connectivity index (χ0v) is 13.8. The molecule has 2 aromatic heterocycles. The van der Waals surface area contributed by atoms with E-state index in [1.165, 1.54) is 0 Å². The number of hydrogen-bond acceptors (Lipinski definition) is 4. The summed E-state index contributed by atoms with van der Waals surface area (Å²) in [4.78, 5) is 29.3. The third-order valence-corrected chi connectivity index (χ3v) is 5.12. The summed E-state index contributed by atoms with van der Waals surface area (Å²) < 4.78 is 0. The van der Waals surface area contributed by atoms with Crippen LogP contribution in [0.1, 0.15) is 37.4 Å². The molecule has 1 amide bonds. The number of aromatic amines is 1. The highest BCUT2D eigenvalue weighted by atomic mass is 16.2. The lowest BCUT2D eigenvalue weighted by Gasteiger charge is -2.35. The predicted octanol–water partition coefficient (Wildman–Crippen LogP) is 2.38. The SMILES string of the molecule is O=C(C1CCCN(c2ncccn2)C1)N1CCCC1c1ccc[nH]1. The maximum Gasteiger partial charge on any atom is 0.228 e. The number of H-pyrrole nitrogens is 1. The molecule has 1 N–H and O–H groups in total. The van der Waals surface area contributed by atoms with E-state index in [1.807, 2.05) is 18.3 Å². The van der Waals surface area contributed by atoms with Gasteiger partial charge in [0.2, 0.25) is 11.9 Å². The highest BCUT2D eigenvalue weighted by Gasteiger charge is 2.36. The number of hydrogen-bond donors (Lipinski definition) is 1. The van der Waals surface area contributed by atoms with Crippen LogP contribution in [0.3, 0.4) is 0 Å². The second-order valence-electron chi connectivity index (χ2n) is 6.65. The van der Waals surface area contributed by atoms with E-state index in [1.54, 1.807) is 12.4 Å². The van der Waals surface area contributed by atoms with Crippen molar-refractivity contribution < 1.29 is 4.79 Å². The number of likely N-dealkylation sites (tertiary alicyclic amines) is 1. The van der Waals surface area contributed by atoms with Gasteiger partial charge < -0.3 is 14.8 Å². The highest BCUT2D eigenvalue weighted by Crippen LogP contribution is 2.33. The largest absolute Gasteiger partial charge is 0.363 e.